The maximum atomic E-state index is 15.1. The van der Waals surface area contributed by atoms with Gasteiger partial charge in [-0.3, -0.25) is 9.80 Å². The number of nitrogens with zero attached hydrogens (tertiary/aromatic N) is 5. The predicted octanol–water partition coefficient (Wildman–Crippen LogP) is 7.96. The largest absolute Gasteiger partial charge is 0.497 e. The molecule has 2 aliphatic heterocycles. The van der Waals surface area contributed by atoms with E-state index in [9.17, 15) is 0 Å². The highest BCUT2D eigenvalue weighted by molar-refractivity contribution is 6.10. The molecule has 2 aliphatic rings. The van der Waals surface area contributed by atoms with E-state index >= 15 is 4.79 Å². The number of ether oxygens (including phenoxy) is 3. The number of fused-ring (bicyclic) bond motifs is 1. The standard InChI is InChI=1S/C36H31N5O4/c1-43-31-20-14-28(15-21-31)39-34(42)40(29-16-22-32(44-2)23-17-29)36(27-12-8-5-9-13-27)35(39,26-10-6-4-7-11-26)37-41(38-36)30-18-24-33(45-3)25-19-30/h4-25H,1-3H3. The van der Waals surface area contributed by atoms with Crippen molar-refractivity contribution in [3.05, 3.63) is 150 Å². The number of methoxy groups -OCH3 is 3. The van der Waals surface area contributed by atoms with Gasteiger partial charge in [0.15, 0.2) is 11.3 Å². The van der Waals surface area contributed by atoms with Gasteiger partial charge in [0.1, 0.15) is 17.2 Å². The van der Waals surface area contributed by atoms with Crippen LogP contribution >= 0.6 is 0 Å². The number of carbonyl (C=O) groups is 1. The van der Waals surface area contributed by atoms with Gasteiger partial charge in [-0.1, -0.05) is 60.7 Å². The minimum atomic E-state index is -1.39. The highest BCUT2D eigenvalue weighted by Gasteiger charge is 2.72. The molecule has 0 spiro atoms. The van der Waals surface area contributed by atoms with Gasteiger partial charge >= 0.3 is 6.03 Å². The fourth-order valence-electron chi connectivity index (χ4n) is 6.22. The second-order valence-electron chi connectivity index (χ2n) is 10.6. The second-order valence-corrected chi connectivity index (χ2v) is 10.6. The SMILES string of the molecule is COc1ccc(N2C(=O)N(c3ccc(OC)cc3)C3(c4ccccc4)[N-][N+](c4ccc(OC)cc4)=NC23c2ccccc2)cc1. The molecular formula is C36H31N5O4. The topological polar surface area (TPSA) is 80.7 Å². The van der Waals surface area contributed by atoms with Crippen molar-refractivity contribution in [2.45, 2.75) is 11.3 Å². The van der Waals surface area contributed by atoms with Crippen LogP contribution in [0, 0.1) is 0 Å². The van der Waals surface area contributed by atoms with Crippen LogP contribution in [0.2, 0.25) is 0 Å². The van der Waals surface area contributed by atoms with E-state index in [2.05, 4.69) is 0 Å². The van der Waals surface area contributed by atoms with Gasteiger partial charge in [0, 0.05) is 23.5 Å². The fourth-order valence-corrected chi connectivity index (χ4v) is 6.22. The van der Waals surface area contributed by atoms with Gasteiger partial charge in [0.2, 0.25) is 5.69 Å². The lowest BCUT2D eigenvalue weighted by molar-refractivity contribution is -0.457. The third-order valence-electron chi connectivity index (χ3n) is 8.31. The van der Waals surface area contributed by atoms with E-state index in [-0.39, 0.29) is 6.03 Å². The fraction of sp³-hybridized carbons (Fsp3) is 0.139. The van der Waals surface area contributed by atoms with Crippen molar-refractivity contribution in [2.75, 3.05) is 31.1 Å². The highest BCUT2D eigenvalue weighted by atomic mass is 16.5. The lowest BCUT2D eigenvalue weighted by atomic mass is 9.81. The summed E-state index contributed by atoms with van der Waals surface area (Å²) in [6.07, 6.45) is 0. The Balaban J connectivity index is 1.58. The molecule has 7 rings (SSSR count). The number of azo groups is 1. The summed E-state index contributed by atoms with van der Waals surface area (Å²) in [7, 11) is 4.86. The molecule has 5 aromatic rings. The zero-order chi connectivity index (χ0) is 31.0. The van der Waals surface area contributed by atoms with E-state index in [1.807, 2.05) is 133 Å². The van der Waals surface area contributed by atoms with Crippen molar-refractivity contribution < 1.29 is 23.8 Å². The van der Waals surface area contributed by atoms with Crippen LogP contribution in [0.15, 0.2) is 139 Å². The maximum absolute atomic E-state index is 15.1. The van der Waals surface area contributed by atoms with Gasteiger partial charge in [0.05, 0.1) is 21.3 Å². The molecule has 0 aliphatic carbocycles. The number of benzene rings is 5. The number of urea groups is 1. The second kappa shape index (κ2) is 11.0. The zero-order valence-corrected chi connectivity index (χ0v) is 25.1. The number of amides is 2. The molecule has 0 N–H and O–H groups in total. The smallest absolute Gasteiger partial charge is 0.330 e. The molecule has 0 radical (unpaired) electrons. The summed E-state index contributed by atoms with van der Waals surface area (Å²) in [6, 6.07) is 41.8. The molecule has 2 amide bonds. The summed E-state index contributed by atoms with van der Waals surface area (Å²) in [5.74, 6) is 2.06. The van der Waals surface area contributed by atoms with Gasteiger partial charge in [0.25, 0.3) is 0 Å². The monoisotopic (exact) mass is 597 g/mol. The Morgan fingerprint density at radius 3 is 1.51 bits per heavy atom. The van der Waals surface area contributed by atoms with E-state index in [0.29, 0.717) is 34.3 Å². The lowest BCUT2D eigenvalue weighted by Crippen LogP contribution is -2.53. The van der Waals surface area contributed by atoms with E-state index in [1.165, 1.54) is 0 Å². The predicted molar refractivity (Wildman–Crippen MR) is 171 cm³/mol. The van der Waals surface area contributed by atoms with Gasteiger partial charge < -0.3 is 14.2 Å². The molecule has 1 saturated heterocycles. The third kappa shape index (κ3) is 4.19. The molecule has 45 heavy (non-hydrogen) atoms. The first-order chi connectivity index (χ1) is 22.1. The number of anilines is 2. The van der Waals surface area contributed by atoms with Crippen molar-refractivity contribution in [3.63, 3.8) is 0 Å². The molecule has 2 unspecified atom stereocenters. The average molecular weight is 598 g/mol. The van der Waals surface area contributed by atoms with Crippen molar-refractivity contribution in [1.82, 2.24) is 0 Å². The Morgan fingerprint density at radius 2 is 1.02 bits per heavy atom. The van der Waals surface area contributed by atoms with Crippen LogP contribution in [-0.2, 0) is 11.3 Å². The molecule has 9 heteroatoms. The molecule has 1 fully saturated rings. The first kappa shape index (κ1) is 28.0. The number of hydrogen-bond acceptors (Lipinski definition) is 5. The summed E-state index contributed by atoms with van der Waals surface area (Å²) in [4.78, 5) is 20.3. The van der Waals surface area contributed by atoms with Gasteiger partial charge in [-0.05, 0) is 71.8 Å². The van der Waals surface area contributed by atoms with Gasteiger partial charge in [-0.25, -0.2) is 4.79 Å². The summed E-state index contributed by atoms with van der Waals surface area (Å²) in [5.41, 5.74) is 6.20. The Bertz CT molecular complexity index is 1850. The molecule has 2 heterocycles. The summed E-state index contributed by atoms with van der Waals surface area (Å²) >= 11 is 0. The molecule has 2 atom stereocenters. The highest BCUT2D eigenvalue weighted by Crippen LogP contribution is 2.64. The van der Waals surface area contributed by atoms with E-state index in [1.54, 1.807) is 35.9 Å². The summed E-state index contributed by atoms with van der Waals surface area (Å²) < 4.78 is 16.4. The first-order valence-corrected chi connectivity index (χ1v) is 14.5. The zero-order valence-electron chi connectivity index (χ0n) is 25.1. The minimum Gasteiger partial charge on any atom is -0.497 e. The van der Waals surface area contributed by atoms with Crippen molar-refractivity contribution >= 4 is 23.1 Å². The maximum Gasteiger partial charge on any atom is 0.330 e. The normalized spacial score (nSPS) is 20.3. The number of hydrogen-bond donors (Lipinski definition) is 0. The van der Waals surface area contributed by atoms with Crippen molar-refractivity contribution in [3.8, 4) is 17.2 Å². The van der Waals surface area contributed by atoms with Crippen LogP contribution in [0.5, 0.6) is 17.2 Å². The Kier molecular flexibility index (Phi) is 6.85. The van der Waals surface area contributed by atoms with Gasteiger partial charge in [-0.15, -0.1) is 4.81 Å². The van der Waals surface area contributed by atoms with Crippen LogP contribution < -0.4 is 24.0 Å². The first-order valence-electron chi connectivity index (χ1n) is 14.5. The lowest BCUT2D eigenvalue weighted by Gasteiger charge is -2.45. The van der Waals surface area contributed by atoms with Crippen LogP contribution in [0.1, 0.15) is 11.1 Å². The van der Waals surface area contributed by atoms with Crippen LogP contribution in [0.4, 0.5) is 21.9 Å². The summed E-state index contributed by atoms with van der Waals surface area (Å²) in [5, 5.41) is 5.42. The van der Waals surface area contributed by atoms with E-state index < -0.39 is 11.3 Å². The Morgan fingerprint density at radius 1 is 0.578 bits per heavy atom. The Labute approximate surface area is 261 Å². The molecule has 224 valence electrons. The van der Waals surface area contributed by atoms with Crippen LogP contribution in [0.3, 0.4) is 0 Å². The summed E-state index contributed by atoms with van der Waals surface area (Å²) in [6.45, 7) is 0. The number of carbonyl (C=O) groups excluding carboxylic acids is 1. The van der Waals surface area contributed by atoms with Crippen molar-refractivity contribution in [1.29, 1.82) is 0 Å². The molecule has 0 bridgehead atoms. The van der Waals surface area contributed by atoms with Gasteiger partial charge in [-0.2, -0.15) is 10.5 Å². The Hall–Kier alpha value is -5.83. The molecular weight excluding hydrogens is 566 g/mol. The molecule has 9 nitrogen and oxygen atoms in total. The van der Waals surface area contributed by atoms with Crippen LogP contribution in [-0.4, -0.2) is 32.2 Å². The molecule has 0 aromatic heterocycles. The van der Waals surface area contributed by atoms with Crippen molar-refractivity contribution in [2.24, 2.45) is 5.11 Å². The number of rotatable bonds is 8. The third-order valence-corrected chi connectivity index (χ3v) is 8.31. The quantitative estimate of drug-likeness (QED) is 0.170. The minimum absolute atomic E-state index is 0.292. The van der Waals surface area contributed by atoms with Crippen LogP contribution in [0.25, 0.3) is 5.43 Å². The van der Waals surface area contributed by atoms with E-state index in [0.717, 1.165) is 11.1 Å². The molecule has 0 saturated carbocycles. The van der Waals surface area contributed by atoms with E-state index in [4.69, 9.17) is 24.8 Å². The molecule has 5 aromatic carbocycles. The average Bonchev–Trinajstić information content (AvgIpc) is 3.57.